The van der Waals surface area contributed by atoms with E-state index >= 15 is 0 Å². The molecule has 3 aliphatic rings. The Kier molecular flexibility index (Phi) is 2.63. The molecule has 5 rings (SSSR count). The number of ketones is 2. The van der Waals surface area contributed by atoms with Gasteiger partial charge in [0.2, 0.25) is 0 Å². The van der Waals surface area contributed by atoms with Crippen molar-refractivity contribution >= 4 is 22.5 Å². The number of rotatable bonds is 0. The summed E-state index contributed by atoms with van der Waals surface area (Å²) in [6.07, 6.45) is 0. The average molecular weight is 325 g/mol. The lowest BCUT2D eigenvalue weighted by molar-refractivity contribution is 0.0978. The lowest BCUT2D eigenvalue weighted by Gasteiger charge is -2.21. The number of aromatic nitrogens is 1. The van der Waals surface area contributed by atoms with Gasteiger partial charge in [0.25, 0.3) is 0 Å². The molecule has 0 atom stereocenters. The molecule has 2 aromatic rings. The largest absolute Gasteiger partial charge is 0.354 e. The van der Waals surface area contributed by atoms with E-state index in [1.807, 2.05) is 30.3 Å². The van der Waals surface area contributed by atoms with Crippen molar-refractivity contribution < 1.29 is 9.59 Å². The van der Waals surface area contributed by atoms with Crippen LogP contribution in [0, 0.1) is 0 Å². The van der Waals surface area contributed by atoms with Gasteiger partial charge in [0.15, 0.2) is 17.0 Å². The number of benzene rings is 3. The lowest BCUT2D eigenvalue weighted by Crippen LogP contribution is -2.29. The Morgan fingerprint density at radius 1 is 0.640 bits per heavy atom. The first kappa shape index (κ1) is 13.9. The molecule has 0 aromatic heterocycles. The number of H-pyrrole nitrogens is 1. The molecule has 0 amide bonds. The number of carbonyl (C=O) groups is 2. The van der Waals surface area contributed by atoms with Crippen molar-refractivity contribution in [3.63, 3.8) is 0 Å². The maximum Gasteiger partial charge on any atom is 0.198 e. The molecule has 4 heteroatoms. The van der Waals surface area contributed by atoms with E-state index in [0.29, 0.717) is 22.4 Å². The first-order chi connectivity index (χ1) is 12.1. The third-order valence-corrected chi connectivity index (χ3v) is 4.73. The maximum absolute atomic E-state index is 13.1. The predicted molar refractivity (Wildman–Crippen MR) is 94.5 cm³/mol. The van der Waals surface area contributed by atoms with Crippen LogP contribution in [0.4, 0.5) is 0 Å². The number of fused-ring (bicyclic) bond motifs is 5. The van der Waals surface area contributed by atoms with Gasteiger partial charge in [-0.15, -0.1) is 0 Å². The van der Waals surface area contributed by atoms with Crippen molar-refractivity contribution in [2.24, 2.45) is 0 Å². The summed E-state index contributed by atoms with van der Waals surface area (Å²) in [5.41, 5.74) is 2.41. The molecule has 1 N–H and O–H groups in total. The molecule has 1 heterocycles. The fourth-order valence-electron chi connectivity index (χ4n) is 3.57. The van der Waals surface area contributed by atoms with Gasteiger partial charge in [0.1, 0.15) is 0 Å². The van der Waals surface area contributed by atoms with Crippen LogP contribution in [0.25, 0.3) is 22.2 Å². The van der Waals surface area contributed by atoms with Crippen LogP contribution in [0.15, 0.2) is 65.5 Å². The summed E-state index contributed by atoms with van der Waals surface area (Å²) in [6, 6.07) is 17.5. The van der Waals surface area contributed by atoms with Crippen LogP contribution in [0.1, 0.15) is 31.8 Å². The fraction of sp³-hybridized carbons (Fsp3) is 0. The highest BCUT2D eigenvalue weighted by atomic mass is 16.1. The van der Waals surface area contributed by atoms with E-state index in [4.69, 9.17) is 0 Å². The van der Waals surface area contributed by atoms with Crippen molar-refractivity contribution in [2.45, 2.75) is 0 Å². The zero-order valence-corrected chi connectivity index (χ0v) is 13.0. The van der Waals surface area contributed by atoms with Gasteiger partial charge in [-0.25, -0.2) is 0 Å². The van der Waals surface area contributed by atoms with Gasteiger partial charge in [0.05, 0.1) is 11.3 Å². The molecule has 0 bridgehead atoms. The van der Waals surface area contributed by atoms with Crippen LogP contribution in [0.5, 0.6) is 0 Å². The van der Waals surface area contributed by atoms with Crippen molar-refractivity contribution in [2.75, 3.05) is 0 Å². The van der Waals surface area contributed by atoms with Gasteiger partial charge < -0.3 is 4.98 Å². The fourth-order valence-corrected chi connectivity index (χ4v) is 3.57. The Labute approximate surface area is 142 Å². The minimum Gasteiger partial charge on any atom is -0.354 e. The average Bonchev–Trinajstić information content (AvgIpc) is 2.64. The maximum atomic E-state index is 13.1. The number of hydrogen-bond donors (Lipinski definition) is 1. The molecule has 118 valence electrons. The van der Waals surface area contributed by atoms with Crippen LogP contribution in [-0.4, -0.2) is 16.6 Å². The van der Waals surface area contributed by atoms with Crippen LogP contribution < -0.4 is 5.43 Å². The first-order valence-electron chi connectivity index (χ1n) is 7.92. The van der Waals surface area contributed by atoms with E-state index < -0.39 is 5.43 Å². The standard InChI is InChI=1S/C21H11NO3/c23-17-10-16-14(9-11-5-1-4-8-15(11)22-16)18-19(17)21(25)13-7-3-2-6-12(13)20(18)24/h1-10,22H. The van der Waals surface area contributed by atoms with Gasteiger partial charge in [-0.1, -0.05) is 42.5 Å². The Bertz CT molecular complexity index is 1250. The Morgan fingerprint density at radius 2 is 1.28 bits per heavy atom. The zero-order chi connectivity index (χ0) is 17.1. The second-order valence-corrected chi connectivity index (χ2v) is 6.15. The van der Waals surface area contributed by atoms with Crippen LogP contribution in [0.3, 0.4) is 0 Å². The van der Waals surface area contributed by atoms with Crippen molar-refractivity contribution in [1.82, 2.24) is 4.98 Å². The molecule has 2 aromatic carbocycles. The summed E-state index contributed by atoms with van der Waals surface area (Å²) in [6.45, 7) is 0. The summed E-state index contributed by atoms with van der Waals surface area (Å²) in [5, 5.41) is 0.912. The van der Waals surface area contributed by atoms with Crippen LogP contribution in [-0.2, 0) is 0 Å². The number of nitrogens with one attached hydrogen (secondary N) is 1. The van der Waals surface area contributed by atoms with Gasteiger partial charge in [0, 0.05) is 33.8 Å². The summed E-state index contributed by atoms with van der Waals surface area (Å²) >= 11 is 0. The molecule has 0 unspecified atom stereocenters. The minimum absolute atomic E-state index is 0.0279. The van der Waals surface area contributed by atoms with E-state index in [1.165, 1.54) is 6.07 Å². The number of aromatic amines is 1. The highest BCUT2D eigenvalue weighted by Gasteiger charge is 2.34. The monoisotopic (exact) mass is 325 g/mol. The Balaban J connectivity index is 1.96. The van der Waals surface area contributed by atoms with Gasteiger partial charge in [-0.3, -0.25) is 14.4 Å². The lowest BCUT2D eigenvalue weighted by atomic mass is 9.80. The van der Waals surface area contributed by atoms with Gasteiger partial charge in [-0.05, 0) is 17.5 Å². The topological polar surface area (TPSA) is 67.0 Å². The number of pyridine rings is 1. The highest BCUT2D eigenvalue weighted by molar-refractivity contribution is 6.30. The van der Waals surface area contributed by atoms with Crippen LogP contribution >= 0.6 is 0 Å². The summed E-state index contributed by atoms with van der Waals surface area (Å²) in [5.74, 6) is -0.665. The molecule has 2 aliphatic carbocycles. The molecular formula is C21H11NO3. The van der Waals surface area contributed by atoms with Gasteiger partial charge >= 0.3 is 0 Å². The van der Waals surface area contributed by atoms with Gasteiger partial charge in [-0.2, -0.15) is 0 Å². The third-order valence-electron chi connectivity index (χ3n) is 4.73. The number of para-hydroxylation sites is 1. The molecule has 0 fully saturated rings. The van der Waals surface area contributed by atoms with E-state index in [-0.39, 0.29) is 22.7 Å². The van der Waals surface area contributed by atoms with E-state index in [9.17, 15) is 14.4 Å². The van der Waals surface area contributed by atoms with Crippen molar-refractivity contribution in [1.29, 1.82) is 0 Å². The molecular weight excluding hydrogens is 314 g/mol. The predicted octanol–water partition coefficient (Wildman–Crippen LogP) is 3.41. The summed E-state index contributed by atoms with van der Waals surface area (Å²) in [4.78, 5) is 41.7. The molecule has 1 aliphatic heterocycles. The Morgan fingerprint density at radius 3 is 2.04 bits per heavy atom. The van der Waals surface area contributed by atoms with Crippen LogP contribution in [0.2, 0.25) is 0 Å². The van der Waals surface area contributed by atoms with Crippen molar-refractivity contribution in [3.8, 4) is 11.3 Å². The van der Waals surface area contributed by atoms with E-state index in [1.54, 1.807) is 24.3 Å². The molecule has 25 heavy (non-hydrogen) atoms. The number of carbonyl (C=O) groups excluding carboxylic acids is 2. The molecule has 4 nitrogen and oxygen atoms in total. The van der Waals surface area contributed by atoms with E-state index in [0.717, 1.165) is 10.9 Å². The molecule has 0 radical (unpaired) electrons. The first-order valence-corrected chi connectivity index (χ1v) is 7.92. The second kappa shape index (κ2) is 4.74. The summed E-state index contributed by atoms with van der Waals surface area (Å²) < 4.78 is 0. The van der Waals surface area contributed by atoms with E-state index in [2.05, 4.69) is 4.98 Å². The normalized spacial score (nSPS) is 13.1. The SMILES string of the molecule is O=C1c2ccccc2C(=O)c2c1c1cc3ccccc3[nH]c-1cc2=O. The highest BCUT2D eigenvalue weighted by Crippen LogP contribution is 2.34. The molecule has 0 saturated carbocycles. The number of hydrogen-bond acceptors (Lipinski definition) is 3. The Hall–Kier alpha value is -3.53. The second-order valence-electron chi connectivity index (χ2n) is 6.15. The minimum atomic E-state index is -0.429. The quantitative estimate of drug-likeness (QED) is 0.444. The summed E-state index contributed by atoms with van der Waals surface area (Å²) in [7, 11) is 0. The third kappa shape index (κ3) is 1.79. The molecule has 0 saturated heterocycles. The zero-order valence-electron chi connectivity index (χ0n) is 13.0. The van der Waals surface area contributed by atoms with Crippen molar-refractivity contribution in [3.05, 3.63) is 93.1 Å². The molecule has 0 spiro atoms. The smallest absolute Gasteiger partial charge is 0.198 e.